The Bertz CT molecular complexity index is 223. The maximum atomic E-state index is 6.51. The summed E-state index contributed by atoms with van der Waals surface area (Å²) in [5.41, 5.74) is 0.486. The van der Waals surface area contributed by atoms with E-state index in [1.54, 1.807) is 0 Å². The molecule has 0 fully saturated rings. The van der Waals surface area contributed by atoms with Crippen LogP contribution in [0.5, 0.6) is 0 Å². The third-order valence-electron chi connectivity index (χ3n) is 0.562. The molecule has 1 rings (SSSR count). The van der Waals surface area contributed by atoms with Gasteiger partial charge in [0, 0.05) is 5.87 Å². The van der Waals surface area contributed by atoms with E-state index in [1.165, 1.54) is 0 Å². The van der Waals surface area contributed by atoms with E-state index < -0.39 is 0 Å². The minimum absolute atomic E-state index is 0.486. The van der Waals surface area contributed by atoms with Crippen LogP contribution < -0.4 is 0 Å². The zero-order valence-corrected chi connectivity index (χ0v) is 3.50. The van der Waals surface area contributed by atoms with Crippen LogP contribution >= 0.6 is 0 Å². The lowest BCUT2D eigenvalue weighted by atomic mass is 10.4. The van der Waals surface area contributed by atoms with Gasteiger partial charge >= 0.3 is 0 Å². The first-order valence-electron chi connectivity index (χ1n) is 1.75. The highest BCUT2D eigenvalue weighted by Crippen LogP contribution is 1.83. The number of rotatable bonds is 0. The van der Waals surface area contributed by atoms with Crippen molar-refractivity contribution in [1.29, 1.82) is 5.41 Å². The number of hydrogen-bond donors (Lipinski definition) is 1. The molecule has 0 amide bonds. The minimum atomic E-state index is 0.486. The topological polar surface area (TPSA) is 23.9 Å². The number of hydrogen-bond acceptors (Lipinski definition) is 1. The Balaban J connectivity index is 3.22. The first-order chi connectivity index (χ1) is 3.43. The van der Waals surface area contributed by atoms with E-state index in [-0.39, 0.29) is 0 Å². The fraction of sp³-hybridized carbons (Fsp3) is 0. The molecular weight excluding hydrogens is 86.1 g/mol. The highest BCUT2D eigenvalue weighted by molar-refractivity contribution is 5.73. The standard InChI is InChI=1S/C6HN/c7-5-6-3-1-2-4-6/h7H. The van der Waals surface area contributed by atoms with Crippen molar-refractivity contribution in [2.24, 2.45) is 0 Å². The Labute approximate surface area is 41.6 Å². The Kier molecular flexibility index (Phi) is 0.723. The smallest absolute Gasteiger partial charge is 0.137 e. The van der Waals surface area contributed by atoms with Crippen LogP contribution in [-0.4, -0.2) is 5.87 Å². The van der Waals surface area contributed by atoms with Gasteiger partial charge in [-0.25, -0.2) is 0 Å². The van der Waals surface area contributed by atoms with Gasteiger partial charge in [-0.05, 0) is 23.7 Å². The van der Waals surface area contributed by atoms with E-state index in [9.17, 15) is 0 Å². The second-order valence-electron chi connectivity index (χ2n) is 1.00. The summed E-state index contributed by atoms with van der Waals surface area (Å²) in [6, 6.07) is 0. The van der Waals surface area contributed by atoms with Crippen LogP contribution in [-0.2, 0) is 0 Å². The van der Waals surface area contributed by atoms with E-state index >= 15 is 0 Å². The fourth-order valence-electron chi connectivity index (χ4n) is 0.281. The quantitative estimate of drug-likeness (QED) is 0.322. The molecule has 0 bridgehead atoms. The van der Waals surface area contributed by atoms with Crippen molar-refractivity contribution in [2.75, 3.05) is 0 Å². The van der Waals surface area contributed by atoms with Crippen LogP contribution in [0, 0.1) is 29.1 Å². The van der Waals surface area contributed by atoms with Gasteiger partial charge in [0.25, 0.3) is 0 Å². The molecule has 0 heterocycles. The van der Waals surface area contributed by atoms with E-state index in [4.69, 9.17) is 5.41 Å². The highest BCUT2D eigenvalue weighted by atomic mass is 14.3. The Morgan fingerprint density at radius 1 is 1.29 bits per heavy atom. The zero-order valence-electron chi connectivity index (χ0n) is 3.50. The minimum Gasteiger partial charge on any atom is -0.257 e. The molecule has 0 saturated carbocycles. The predicted molar refractivity (Wildman–Crippen MR) is 26.8 cm³/mol. The van der Waals surface area contributed by atoms with Crippen molar-refractivity contribution < 1.29 is 0 Å². The summed E-state index contributed by atoms with van der Waals surface area (Å²) in [5, 5.41) is 6.51. The lowest BCUT2D eigenvalue weighted by Crippen LogP contribution is -1.64. The molecular formula is C6HN. The molecule has 7 heavy (non-hydrogen) atoms. The van der Waals surface area contributed by atoms with E-state index in [0.29, 0.717) is 5.57 Å². The van der Waals surface area contributed by atoms with E-state index in [0.717, 1.165) is 0 Å². The van der Waals surface area contributed by atoms with Crippen LogP contribution in [0.4, 0.5) is 0 Å². The Morgan fingerprint density at radius 2 is 1.86 bits per heavy atom. The first kappa shape index (κ1) is 3.75. The Hall–Kier alpha value is -1.43. The molecule has 0 unspecified atom stereocenters. The summed E-state index contributed by atoms with van der Waals surface area (Å²) >= 11 is 0. The molecule has 0 radical (unpaired) electrons. The van der Waals surface area contributed by atoms with Crippen molar-refractivity contribution in [1.82, 2.24) is 0 Å². The molecule has 1 N–H and O–H groups in total. The third kappa shape index (κ3) is 0.527. The highest BCUT2D eigenvalue weighted by Gasteiger charge is 1.83. The monoisotopic (exact) mass is 87.0 g/mol. The molecule has 30 valence electrons. The van der Waals surface area contributed by atoms with Crippen LogP contribution in [0.2, 0.25) is 0 Å². The molecule has 1 heteroatoms. The maximum absolute atomic E-state index is 6.51. The SMILES string of the molecule is N=C=C1C#CC#C1. The van der Waals surface area contributed by atoms with Crippen molar-refractivity contribution in [2.45, 2.75) is 0 Å². The average molecular weight is 87.1 g/mol. The fourth-order valence-corrected chi connectivity index (χ4v) is 0.281. The predicted octanol–water partition coefficient (Wildman–Crippen LogP) is 0.182. The average Bonchev–Trinajstić information content (AvgIpc) is 2.14. The largest absolute Gasteiger partial charge is 0.257 e. The molecule has 0 spiro atoms. The van der Waals surface area contributed by atoms with Gasteiger partial charge in [-0.15, -0.1) is 0 Å². The van der Waals surface area contributed by atoms with Gasteiger partial charge in [-0.1, -0.05) is 0 Å². The normalized spacial score (nSPS) is 10.6. The lowest BCUT2D eigenvalue weighted by Gasteiger charge is -1.62. The summed E-state index contributed by atoms with van der Waals surface area (Å²) in [5.74, 6) is 12.2. The van der Waals surface area contributed by atoms with Crippen molar-refractivity contribution in [3.8, 4) is 23.7 Å². The van der Waals surface area contributed by atoms with Gasteiger partial charge in [0.15, 0.2) is 0 Å². The number of nitrogens with one attached hydrogen (secondary N) is 1. The second kappa shape index (κ2) is 1.35. The van der Waals surface area contributed by atoms with Gasteiger partial charge in [0.2, 0.25) is 0 Å². The van der Waals surface area contributed by atoms with Gasteiger partial charge in [0.05, 0.1) is 0 Å². The molecule has 1 aliphatic rings. The van der Waals surface area contributed by atoms with Crippen LogP contribution in [0.1, 0.15) is 0 Å². The summed E-state index contributed by atoms with van der Waals surface area (Å²) in [6.07, 6.45) is 0. The Morgan fingerprint density at radius 3 is 2.14 bits per heavy atom. The van der Waals surface area contributed by atoms with Crippen molar-refractivity contribution >= 4 is 5.87 Å². The zero-order chi connectivity index (χ0) is 5.11. The molecule has 0 aromatic carbocycles. The van der Waals surface area contributed by atoms with Gasteiger partial charge in [-0.3, -0.25) is 5.41 Å². The summed E-state index contributed by atoms with van der Waals surface area (Å²) in [6.45, 7) is 0. The van der Waals surface area contributed by atoms with Gasteiger partial charge in [0.1, 0.15) is 5.57 Å². The number of allylic oxidation sites excluding steroid dienone is 1. The third-order valence-corrected chi connectivity index (χ3v) is 0.562. The van der Waals surface area contributed by atoms with Crippen molar-refractivity contribution in [3.05, 3.63) is 5.57 Å². The second-order valence-corrected chi connectivity index (χ2v) is 1.00. The lowest BCUT2D eigenvalue weighted by molar-refractivity contribution is 1.59. The maximum Gasteiger partial charge on any atom is 0.137 e. The summed E-state index contributed by atoms with van der Waals surface area (Å²) in [7, 11) is 0. The molecule has 0 aromatic rings. The van der Waals surface area contributed by atoms with Crippen molar-refractivity contribution in [3.63, 3.8) is 0 Å². The molecule has 1 nitrogen and oxygen atoms in total. The summed E-state index contributed by atoms with van der Waals surface area (Å²) in [4.78, 5) is 0. The molecule has 0 atom stereocenters. The molecule has 1 aliphatic carbocycles. The van der Waals surface area contributed by atoms with E-state index in [2.05, 4.69) is 29.6 Å². The van der Waals surface area contributed by atoms with Gasteiger partial charge < -0.3 is 0 Å². The van der Waals surface area contributed by atoms with Crippen LogP contribution in [0.3, 0.4) is 0 Å². The summed E-state index contributed by atoms with van der Waals surface area (Å²) < 4.78 is 0. The van der Waals surface area contributed by atoms with E-state index in [1.807, 2.05) is 0 Å². The molecule has 0 aromatic heterocycles. The molecule has 0 saturated heterocycles. The molecule has 0 aliphatic heterocycles. The first-order valence-corrected chi connectivity index (χ1v) is 1.75. The van der Waals surface area contributed by atoms with Crippen LogP contribution in [0.25, 0.3) is 0 Å². The van der Waals surface area contributed by atoms with Gasteiger partial charge in [-0.2, -0.15) is 0 Å². The van der Waals surface area contributed by atoms with Crippen LogP contribution in [0.15, 0.2) is 5.57 Å².